The second-order valence-corrected chi connectivity index (χ2v) is 6.00. The van der Waals surface area contributed by atoms with Crippen LogP contribution in [0.15, 0.2) is 0 Å². The summed E-state index contributed by atoms with van der Waals surface area (Å²) in [5.41, 5.74) is 0.333. The third kappa shape index (κ3) is 2.31. The molecule has 0 aliphatic heterocycles. The Morgan fingerprint density at radius 2 is 1.79 bits per heavy atom. The minimum atomic E-state index is -0.105. The number of hydrogen-bond donors (Lipinski definition) is 1. The van der Waals surface area contributed by atoms with Crippen molar-refractivity contribution in [3.63, 3.8) is 0 Å². The van der Waals surface area contributed by atoms with Gasteiger partial charge in [-0.25, -0.2) is 0 Å². The number of aliphatic hydroxyl groups excluding tert-OH is 1. The first-order chi connectivity index (χ1) is 6.42. The lowest BCUT2D eigenvalue weighted by molar-refractivity contribution is -0.00513. The molecule has 0 aromatic heterocycles. The van der Waals surface area contributed by atoms with E-state index in [0.717, 1.165) is 0 Å². The summed E-state index contributed by atoms with van der Waals surface area (Å²) in [6, 6.07) is 0. The molecule has 0 aromatic rings. The monoisotopic (exact) mass is 198 g/mol. The van der Waals surface area contributed by atoms with Gasteiger partial charge in [0.1, 0.15) is 0 Å². The van der Waals surface area contributed by atoms with E-state index < -0.39 is 0 Å². The topological polar surface area (TPSA) is 20.2 Å². The Morgan fingerprint density at radius 3 is 2.21 bits per heavy atom. The standard InChI is InChI=1S/C13H26O/c1-5-6-7-8-13(4)10-9-12(2,3)11(13)14/h11,14H,5-10H2,1-4H3. The Morgan fingerprint density at radius 1 is 1.14 bits per heavy atom. The molecule has 2 unspecified atom stereocenters. The first kappa shape index (κ1) is 12.0. The summed E-state index contributed by atoms with van der Waals surface area (Å²) < 4.78 is 0. The van der Waals surface area contributed by atoms with E-state index >= 15 is 0 Å². The first-order valence-corrected chi connectivity index (χ1v) is 6.10. The molecule has 1 aliphatic carbocycles. The molecule has 2 atom stereocenters. The quantitative estimate of drug-likeness (QED) is 0.682. The fraction of sp³-hybridized carbons (Fsp3) is 1.00. The van der Waals surface area contributed by atoms with Crippen molar-refractivity contribution in [2.45, 2.75) is 72.3 Å². The van der Waals surface area contributed by atoms with Gasteiger partial charge in [0.15, 0.2) is 0 Å². The Balaban J connectivity index is 2.50. The molecule has 0 saturated heterocycles. The van der Waals surface area contributed by atoms with Gasteiger partial charge in [0, 0.05) is 0 Å². The molecule has 0 amide bonds. The molecule has 0 heterocycles. The molecule has 0 bridgehead atoms. The molecular weight excluding hydrogens is 172 g/mol. The summed E-state index contributed by atoms with van der Waals surface area (Å²) in [7, 11) is 0. The van der Waals surface area contributed by atoms with Crippen LogP contribution in [0.5, 0.6) is 0 Å². The Kier molecular flexibility index (Phi) is 3.63. The van der Waals surface area contributed by atoms with Crippen LogP contribution in [0.3, 0.4) is 0 Å². The van der Waals surface area contributed by atoms with Crippen molar-refractivity contribution in [1.82, 2.24) is 0 Å². The Labute approximate surface area is 88.9 Å². The van der Waals surface area contributed by atoms with Crippen LogP contribution in [-0.2, 0) is 0 Å². The van der Waals surface area contributed by atoms with Crippen LogP contribution >= 0.6 is 0 Å². The van der Waals surface area contributed by atoms with Crippen LogP contribution < -0.4 is 0 Å². The fourth-order valence-corrected chi connectivity index (χ4v) is 2.87. The molecule has 1 N–H and O–H groups in total. The third-order valence-corrected chi connectivity index (χ3v) is 4.09. The van der Waals surface area contributed by atoms with Gasteiger partial charge in [-0.3, -0.25) is 0 Å². The zero-order valence-electron chi connectivity index (χ0n) is 10.3. The number of aliphatic hydroxyl groups is 1. The van der Waals surface area contributed by atoms with Gasteiger partial charge in [0.25, 0.3) is 0 Å². The van der Waals surface area contributed by atoms with Crippen LogP contribution in [0.2, 0.25) is 0 Å². The predicted octanol–water partition coefficient (Wildman–Crippen LogP) is 3.75. The van der Waals surface area contributed by atoms with Gasteiger partial charge in [-0.1, -0.05) is 47.0 Å². The minimum Gasteiger partial charge on any atom is -0.392 e. The third-order valence-electron chi connectivity index (χ3n) is 4.09. The van der Waals surface area contributed by atoms with E-state index in [1.54, 1.807) is 0 Å². The molecule has 1 aliphatic rings. The molecule has 14 heavy (non-hydrogen) atoms. The van der Waals surface area contributed by atoms with Gasteiger partial charge >= 0.3 is 0 Å². The van der Waals surface area contributed by atoms with E-state index in [-0.39, 0.29) is 16.9 Å². The highest BCUT2D eigenvalue weighted by atomic mass is 16.3. The molecule has 0 spiro atoms. The van der Waals surface area contributed by atoms with E-state index in [9.17, 15) is 5.11 Å². The van der Waals surface area contributed by atoms with Gasteiger partial charge in [-0.15, -0.1) is 0 Å². The van der Waals surface area contributed by atoms with Crippen LogP contribution in [0, 0.1) is 10.8 Å². The van der Waals surface area contributed by atoms with Crippen molar-refractivity contribution in [3.8, 4) is 0 Å². The summed E-state index contributed by atoms with van der Waals surface area (Å²) in [5, 5.41) is 10.3. The van der Waals surface area contributed by atoms with Gasteiger partial charge in [0.2, 0.25) is 0 Å². The van der Waals surface area contributed by atoms with E-state index in [2.05, 4.69) is 27.7 Å². The maximum Gasteiger partial charge on any atom is 0.0644 e. The molecule has 1 heteroatoms. The van der Waals surface area contributed by atoms with Crippen molar-refractivity contribution in [2.24, 2.45) is 10.8 Å². The van der Waals surface area contributed by atoms with Gasteiger partial charge < -0.3 is 5.11 Å². The van der Waals surface area contributed by atoms with E-state index in [0.29, 0.717) is 0 Å². The van der Waals surface area contributed by atoms with E-state index in [1.165, 1.54) is 38.5 Å². The van der Waals surface area contributed by atoms with E-state index in [4.69, 9.17) is 0 Å². The number of hydrogen-bond acceptors (Lipinski definition) is 1. The molecule has 84 valence electrons. The average Bonchev–Trinajstić information content (AvgIpc) is 2.32. The lowest BCUT2D eigenvalue weighted by Gasteiger charge is -2.33. The molecule has 1 saturated carbocycles. The highest BCUT2D eigenvalue weighted by molar-refractivity contribution is 4.98. The summed E-state index contributed by atoms with van der Waals surface area (Å²) in [6.07, 6.45) is 7.33. The highest BCUT2D eigenvalue weighted by Gasteiger charge is 2.48. The SMILES string of the molecule is CCCCCC1(C)CCC(C)(C)C1O. The van der Waals surface area contributed by atoms with Crippen molar-refractivity contribution in [1.29, 1.82) is 0 Å². The van der Waals surface area contributed by atoms with Crippen LogP contribution in [-0.4, -0.2) is 11.2 Å². The van der Waals surface area contributed by atoms with Crippen molar-refractivity contribution in [3.05, 3.63) is 0 Å². The second-order valence-electron chi connectivity index (χ2n) is 6.00. The summed E-state index contributed by atoms with van der Waals surface area (Å²) in [5.74, 6) is 0. The van der Waals surface area contributed by atoms with E-state index in [1.807, 2.05) is 0 Å². The van der Waals surface area contributed by atoms with Crippen LogP contribution in [0.1, 0.15) is 66.2 Å². The second kappa shape index (κ2) is 4.22. The Bertz CT molecular complexity index is 186. The Hall–Kier alpha value is -0.0400. The molecular formula is C13H26O. The predicted molar refractivity (Wildman–Crippen MR) is 61.3 cm³/mol. The zero-order chi connectivity index (χ0) is 10.8. The molecule has 0 radical (unpaired) electrons. The summed E-state index contributed by atoms with van der Waals surface area (Å²) in [6.45, 7) is 8.89. The van der Waals surface area contributed by atoms with Crippen LogP contribution in [0.4, 0.5) is 0 Å². The molecule has 1 fully saturated rings. The van der Waals surface area contributed by atoms with Crippen molar-refractivity contribution >= 4 is 0 Å². The van der Waals surface area contributed by atoms with Crippen molar-refractivity contribution in [2.75, 3.05) is 0 Å². The minimum absolute atomic E-state index is 0.105. The maximum absolute atomic E-state index is 10.3. The first-order valence-electron chi connectivity index (χ1n) is 6.10. The van der Waals surface area contributed by atoms with Crippen molar-refractivity contribution < 1.29 is 5.11 Å². The normalized spacial score (nSPS) is 36.2. The number of unbranched alkanes of at least 4 members (excludes halogenated alkanes) is 2. The van der Waals surface area contributed by atoms with Crippen LogP contribution in [0.25, 0.3) is 0 Å². The van der Waals surface area contributed by atoms with Gasteiger partial charge in [-0.05, 0) is 30.1 Å². The largest absolute Gasteiger partial charge is 0.392 e. The fourth-order valence-electron chi connectivity index (χ4n) is 2.87. The lowest BCUT2D eigenvalue weighted by Crippen LogP contribution is -2.35. The zero-order valence-corrected chi connectivity index (χ0v) is 10.3. The number of rotatable bonds is 4. The highest BCUT2D eigenvalue weighted by Crippen LogP contribution is 2.51. The lowest BCUT2D eigenvalue weighted by atomic mass is 9.76. The van der Waals surface area contributed by atoms with Gasteiger partial charge in [-0.2, -0.15) is 0 Å². The molecule has 1 rings (SSSR count). The maximum atomic E-state index is 10.3. The summed E-state index contributed by atoms with van der Waals surface area (Å²) in [4.78, 5) is 0. The summed E-state index contributed by atoms with van der Waals surface area (Å²) >= 11 is 0. The smallest absolute Gasteiger partial charge is 0.0644 e. The van der Waals surface area contributed by atoms with Gasteiger partial charge in [0.05, 0.1) is 6.10 Å². The molecule has 0 aromatic carbocycles. The molecule has 1 nitrogen and oxygen atoms in total. The average molecular weight is 198 g/mol.